The van der Waals surface area contributed by atoms with E-state index in [9.17, 15) is 0 Å². The van der Waals surface area contributed by atoms with Crippen LogP contribution >= 0.6 is 11.8 Å². The molecular formula is C20H18N2OS. The summed E-state index contributed by atoms with van der Waals surface area (Å²) in [6.45, 7) is 0. The van der Waals surface area contributed by atoms with Gasteiger partial charge in [0.1, 0.15) is 5.75 Å². The molecule has 0 radical (unpaired) electrons. The maximum atomic E-state index is 8.67. The number of unbranched alkanes of at least 4 members (excludes halogenated alkanes) is 1. The van der Waals surface area contributed by atoms with Gasteiger partial charge >= 0.3 is 0 Å². The topological polar surface area (TPSA) is 45.9 Å². The number of nitriles is 1. The van der Waals surface area contributed by atoms with Gasteiger partial charge in [0.15, 0.2) is 0 Å². The lowest BCUT2D eigenvalue weighted by molar-refractivity contribution is 0.415. The highest BCUT2D eigenvalue weighted by Gasteiger charge is 2.09. The van der Waals surface area contributed by atoms with Crippen molar-refractivity contribution in [3.05, 3.63) is 54.6 Å². The Balaban J connectivity index is 2.05. The number of rotatable bonds is 6. The van der Waals surface area contributed by atoms with Gasteiger partial charge in [0, 0.05) is 23.6 Å². The molecule has 1 aromatic heterocycles. The quantitative estimate of drug-likeness (QED) is 0.453. The van der Waals surface area contributed by atoms with E-state index in [-0.39, 0.29) is 0 Å². The van der Waals surface area contributed by atoms with E-state index in [4.69, 9.17) is 15.0 Å². The second kappa shape index (κ2) is 7.85. The van der Waals surface area contributed by atoms with Crippen LogP contribution in [0.2, 0.25) is 0 Å². The molecule has 0 amide bonds. The van der Waals surface area contributed by atoms with Gasteiger partial charge < -0.3 is 4.74 Å². The number of pyridine rings is 1. The van der Waals surface area contributed by atoms with E-state index in [0.717, 1.165) is 33.9 Å². The van der Waals surface area contributed by atoms with Crippen molar-refractivity contribution >= 4 is 22.7 Å². The summed E-state index contributed by atoms with van der Waals surface area (Å²) in [5.41, 5.74) is 3.28. The molecule has 2 aromatic carbocycles. The Morgan fingerprint density at radius 2 is 1.96 bits per heavy atom. The first kappa shape index (κ1) is 16.4. The lowest BCUT2D eigenvalue weighted by Gasteiger charge is -2.11. The van der Waals surface area contributed by atoms with Crippen LogP contribution < -0.4 is 4.74 Å². The Morgan fingerprint density at radius 3 is 2.71 bits per heavy atom. The highest BCUT2D eigenvalue weighted by molar-refractivity contribution is 7.99. The standard InChI is InChI=1S/C20H18N2OS/c1-23-16-9-10-17-18(15-7-3-2-4-8-15)14-20(22-19(17)13-16)24-12-6-5-11-21/h2-4,7-10,13-14H,5-6,12H2,1H3. The number of ether oxygens (including phenoxy) is 1. The number of hydrogen-bond acceptors (Lipinski definition) is 4. The molecule has 0 fully saturated rings. The summed E-state index contributed by atoms with van der Waals surface area (Å²) in [5.74, 6) is 1.70. The number of methoxy groups -OCH3 is 1. The van der Waals surface area contributed by atoms with Crippen LogP contribution in [0, 0.1) is 11.3 Å². The zero-order valence-corrected chi connectivity index (χ0v) is 14.3. The van der Waals surface area contributed by atoms with E-state index in [1.165, 1.54) is 11.1 Å². The smallest absolute Gasteiger partial charge is 0.121 e. The van der Waals surface area contributed by atoms with Crippen LogP contribution in [0.5, 0.6) is 5.75 Å². The fourth-order valence-electron chi connectivity index (χ4n) is 2.57. The number of fused-ring (bicyclic) bond motifs is 1. The molecule has 0 saturated heterocycles. The summed E-state index contributed by atoms with van der Waals surface area (Å²) in [5, 5.41) is 10.8. The third-order valence-electron chi connectivity index (χ3n) is 3.76. The molecule has 3 aromatic rings. The zero-order chi connectivity index (χ0) is 16.8. The number of aromatic nitrogens is 1. The molecule has 3 rings (SSSR count). The fourth-order valence-corrected chi connectivity index (χ4v) is 3.43. The van der Waals surface area contributed by atoms with E-state index in [1.54, 1.807) is 18.9 Å². The second-order valence-electron chi connectivity index (χ2n) is 5.37. The molecule has 0 unspecified atom stereocenters. The van der Waals surface area contributed by atoms with E-state index in [0.29, 0.717) is 6.42 Å². The molecule has 0 aliphatic rings. The van der Waals surface area contributed by atoms with Gasteiger partial charge in [-0.1, -0.05) is 30.3 Å². The van der Waals surface area contributed by atoms with Crippen LogP contribution in [0.15, 0.2) is 59.6 Å². The van der Waals surface area contributed by atoms with Crippen molar-refractivity contribution in [3.8, 4) is 22.9 Å². The molecule has 24 heavy (non-hydrogen) atoms. The van der Waals surface area contributed by atoms with Crippen molar-refractivity contribution < 1.29 is 4.74 Å². The number of thioether (sulfide) groups is 1. The molecular weight excluding hydrogens is 316 g/mol. The minimum Gasteiger partial charge on any atom is -0.497 e. The van der Waals surface area contributed by atoms with Gasteiger partial charge in [-0.25, -0.2) is 4.98 Å². The van der Waals surface area contributed by atoms with Gasteiger partial charge in [-0.05, 0) is 35.7 Å². The maximum Gasteiger partial charge on any atom is 0.121 e. The van der Waals surface area contributed by atoms with E-state index in [2.05, 4.69) is 30.3 Å². The lowest BCUT2D eigenvalue weighted by atomic mass is 10.0. The first-order chi connectivity index (χ1) is 11.8. The minimum atomic E-state index is 0.583. The second-order valence-corrected chi connectivity index (χ2v) is 6.48. The Kier molecular flexibility index (Phi) is 5.35. The maximum absolute atomic E-state index is 8.67. The SMILES string of the molecule is COc1ccc2c(-c3ccccc3)cc(SCCCC#N)nc2c1. The largest absolute Gasteiger partial charge is 0.497 e. The van der Waals surface area contributed by atoms with Gasteiger partial charge in [-0.2, -0.15) is 5.26 Å². The number of benzene rings is 2. The van der Waals surface area contributed by atoms with E-state index < -0.39 is 0 Å². The molecule has 1 heterocycles. The fraction of sp³-hybridized carbons (Fsp3) is 0.200. The molecule has 0 aliphatic carbocycles. The van der Waals surface area contributed by atoms with Crippen molar-refractivity contribution in [1.82, 2.24) is 4.98 Å². The minimum absolute atomic E-state index is 0.583. The average molecular weight is 334 g/mol. The summed E-state index contributed by atoms with van der Waals surface area (Å²) in [7, 11) is 1.67. The predicted octanol–water partition coefficient (Wildman–Crippen LogP) is 5.31. The van der Waals surface area contributed by atoms with Gasteiger partial charge in [0.25, 0.3) is 0 Å². The van der Waals surface area contributed by atoms with Crippen LogP contribution in [-0.4, -0.2) is 17.8 Å². The van der Waals surface area contributed by atoms with Crippen molar-refractivity contribution in [2.75, 3.05) is 12.9 Å². The molecule has 4 heteroatoms. The highest BCUT2D eigenvalue weighted by atomic mass is 32.2. The normalized spacial score (nSPS) is 10.5. The molecule has 0 spiro atoms. The van der Waals surface area contributed by atoms with Crippen LogP contribution in [0.4, 0.5) is 0 Å². The monoisotopic (exact) mass is 334 g/mol. The highest BCUT2D eigenvalue weighted by Crippen LogP contribution is 2.33. The molecule has 0 N–H and O–H groups in total. The Bertz CT molecular complexity index is 872. The molecule has 3 nitrogen and oxygen atoms in total. The summed E-state index contributed by atoms with van der Waals surface area (Å²) in [6.07, 6.45) is 1.46. The average Bonchev–Trinajstić information content (AvgIpc) is 2.64. The van der Waals surface area contributed by atoms with Crippen molar-refractivity contribution in [1.29, 1.82) is 5.26 Å². The Hall–Kier alpha value is -2.51. The van der Waals surface area contributed by atoms with Crippen LogP contribution in [-0.2, 0) is 0 Å². The molecule has 0 bridgehead atoms. The number of nitrogens with zero attached hydrogens (tertiary/aromatic N) is 2. The van der Waals surface area contributed by atoms with Crippen molar-refractivity contribution in [3.63, 3.8) is 0 Å². The molecule has 0 atom stereocenters. The Morgan fingerprint density at radius 1 is 1.12 bits per heavy atom. The third kappa shape index (κ3) is 3.69. The van der Waals surface area contributed by atoms with E-state index >= 15 is 0 Å². The predicted molar refractivity (Wildman–Crippen MR) is 99.3 cm³/mol. The van der Waals surface area contributed by atoms with Gasteiger partial charge in [0.2, 0.25) is 0 Å². The van der Waals surface area contributed by atoms with E-state index in [1.807, 2.05) is 30.3 Å². The van der Waals surface area contributed by atoms with Gasteiger partial charge in [0.05, 0.1) is 23.7 Å². The molecule has 0 saturated carbocycles. The van der Waals surface area contributed by atoms with Crippen LogP contribution in [0.3, 0.4) is 0 Å². The summed E-state index contributed by atoms with van der Waals surface area (Å²) < 4.78 is 5.34. The van der Waals surface area contributed by atoms with Crippen molar-refractivity contribution in [2.24, 2.45) is 0 Å². The zero-order valence-electron chi connectivity index (χ0n) is 13.5. The number of hydrogen-bond donors (Lipinski definition) is 0. The van der Waals surface area contributed by atoms with Crippen molar-refractivity contribution in [2.45, 2.75) is 17.9 Å². The first-order valence-electron chi connectivity index (χ1n) is 7.86. The first-order valence-corrected chi connectivity index (χ1v) is 8.84. The molecule has 120 valence electrons. The Labute approximate surface area is 146 Å². The summed E-state index contributed by atoms with van der Waals surface area (Å²) in [4.78, 5) is 4.77. The molecule has 0 aliphatic heterocycles. The third-order valence-corrected chi connectivity index (χ3v) is 4.76. The van der Waals surface area contributed by atoms with Gasteiger partial charge in [-0.3, -0.25) is 0 Å². The van der Waals surface area contributed by atoms with Gasteiger partial charge in [-0.15, -0.1) is 11.8 Å². The summed E-state index contributed by atoms with van der Waals surface area (Å²) >= 11 is 1.69. The lowest BCUT2D eigenvalue weighted by Crippen LogP contribution is -1.91. The van der Waals surface area contributed by atoms with Crippen LogP contribution in [0.1, 0.15) is 12.8 Å². The van der Waals surface area contributed by atoms with Crippen LogP contribution in [0.25, 0.3) is 22.0 Å². The summed E-state index contributed by atoms with van der Waals surface area (Å²) in [6, 6.07) is 20.7.